The van der Waals surface area contributed by atoms with Crippen molar-refractivity contribution in [1.29, 1.82) is 0 Å². The maximum absolute atomic E-state index is 11.1. The highest BCUT2D eigenvalue weighted by Gasteiger charge is 2.01. The molecule has 0 aromatic rings. The van der Waals surface area contributed by atoms with Gasteiger partial charge in [0.1, 0.15) is 0 Å². The van der Waals surface area contributed by atoms with Gasteiger partial charge in [0.15, 0.2) is 0 Å². The standard InChI is InChI=1S/C10H17NO3/c1-8(2)7-11-9(12)5-3-4-6-10(13)14/h1,3-7H2,2H3,(H,11,12)(H,13,14). The highest BCUT2D eigenvalue weighted by atomic mass is 16.4. The van der Waals surface area contributed by atoms with E-state index in [-0.39, 0.29) is 12.3 Å². The fourth-order valence-corrected chi connectivity index (χ4v) is 0.900. The first-order valence-electron chi connectivity index (χ1n) is 4.65. The first kappa shape index (κ1) is 12.7. The lowest BCUT2D eigenvalue weighted by Crippen LogP contribution is -2.24. The van der Waals surface area contributed by atoms with E-state index in [2.05, 4.69) is 11.9 Å². The molecule has 0 atom stereocenters. The van der Waals surface area contributed by atoms with Gasteiger partial charge in [0.2, 0.25) is 5.91 Å². The molecule has 0 fully saturated rings. The second-order valence-corrected chi connectivity index (χ2v) is 3.33. The van der Waals surface area contributed by atoms with Gasteiger partial charge in [-0.15, -0.1) is 0 Å². The molecule has 4 heteroatoms. The van der Waals surface area contributed by atoms with E-state index in [4.69, 9.17) is 5.11 Å². The first-order chi connectivity index (χ1) is 6.52. The second kappa shape index (κ2) is 7.12. The van der Waals surface area contributed by atoms with E-state index < -0.39 is 5.97 Å². The van der Waals surface area contributed by atoms with Crippen LogP contribution in [0.1, 0.15) is 32.6 Å². The number of aliphatic carboxylic acids is 1. The molecule has 4 nitrogen and oxygen atoms in total. The number of carboxylic acids is 1. The van der Waals surface area contributed by atoms with Crippen LogP contribution in [-0.2, 0) is 9.59 Å². The molecule has 0 aliphatic rings. The van der Waals surface area contributed by atoms with Gasteiger partial charge in [-0.05, 0) is 19.8 Å². The van der Waals surface area contributed by atoms with Crippen molar-refractivity contribution in [2.75, 3.05) is 6.54 Å². The molecule has 0 aliphatic carbocycles. The van der Waals surface area contributed by atoms with E-state index in [1.54, 1.807) is 0 Å². The number of unbranched alkanes of at least 4 members (excludes halogenated alkanes) is 1. The van der Waals surface area contributed by atoms with Crippen LogP contribution in [0.3, 0.4) is 0 Å². The smallest absolute Gasteiger partial charge is 0.303 e. The van der Waals surface area contributed by atoms with Crippen molar-refractivity contribution in [2.24, 2.45) is 0 Å². The number of carboxylic acid groups (broad SMARTS) is 1. The van der Waals surface area contributed by atoms with E-state index in [1.807, 2.05) is 6.92 Å². The Morgan fingerprint density at radius 3 is 2.36 bits per heavy atom. The number of rotatable bonds is 7. The average molecular weight is 199 g/mol. The quantitative estimate of drug-likeness (QED) is 0.480. The minimum Gasteiger partial charge on any atom is -0.481 e. The molecular formula is C10H17NO3. The van der Waals surface area contributed by atoms with Crippen molar-refractivity contribution in [3.63, 3.8) is 0 Å². The van der Waals surface area contributed by atoms with Crippen LogP contribution in [0, 0.1) is 0 Å². The Kier molecular flexibility index (Phi) is 6.45. The average Bonchev–Trinajstić information content (AvgIpc) is 2.08. The summed E-state index contributed by atoms with van der Waals surface area (Å²) < 4.78 is 0. The Labute approximate surface area is 84.0 Å². The van der Waals surface area contributed by atoms with Gasteiger partial charge in [-0.3, -0.25) is 9.59 Å². The summed E-state index contributed by atoms with van der Waals surface area (Å²) in [6, 6.07) is 0. The largest absolute Gasteiger partial charge is 0.481 e. The summed E-state index contributed by atoms with van der Waals surface area (Å²) in [5.41, 5.74) is 0.906. The highest BCUT2D eigenvalue weighted by molar-refractivity contribution is 5.76. The van der Waals surface area contributed by atoms with Gasteiger partial charge in [0, 0.05) is 19.4 Å². The van der Waals surface area contributed by atoms with Crippen molar-refractivity contribution in [3.05, 3.63) is 12.2 Å². The Morgan fingerprint density at radius 1 is 1.29 bits per heavy atom. The monoisotopic (exact) mass is 199 g/mol. The summed E-state index contributed by atoms with van der Waals surface area (Å²) in [5.74, 6) is -0.856. The lowest BCUT2D eigenvalue weighted by Gasteiger charge is -2.03. The third-order valence-corrected chi connectivity index (χ3v) is 1.63. The zero-order valence-corrected chi connectivity index (χ0v) is 8.51. The van der Waals surface area contributed by atoms with Crippen molar-refractivity contribution >= 4 is 11.9 Å². The van der Waals surface area contributed by atoms with E-state index in [0.717, 1.165) is 5.57 Å². The molecule has 14 heavy (non-hydrogen) atoms. The molecule has 80 valence electrons. The van der Waals surface area contributed by atoms with Crippen molar-refractivity contribution in [3.8, 4) is 0 Å². The minimum atomic E-state index is -0.813. The summed E-state index contributed by atoms with van der Waals surface area (Å²) in [6.45, 7) is 5.99. The second-order valence-electron chi connectivity index (χ2n) is 3.33. The van der Waals surface area contributed by atoms with Gasteiger partial charge in [-0.2, -0.15) is 0 Å². The summed E-state index contributed by atoms with van der Waals surface area (Å²) in [7, 11) is 0. The van der Waals surface area contributed by atoms with Gasteiger partial charge in [0.25, 0.3) is 0 Å². The molecule has 2 N–H and O–H groups in total. The third kappa shape index (κ3) is 8.77. The zero-order valence-electron chi connectivity index (χ0n) is 8.51. The summed E-state index contributed by atoms with van der Waals surface area (Å²) in [6.07, 6.45) is 1.69. The Balaban J connectivity index is 3.36. The van der Waals surface area contributed by atoms with Crippen LogP contribution in [0.15, 0.2) is 12.2 Å². The van der Waals surface area contributed by atoms with Crippen LogP contribution in [0.4, 0.5) is 0 Å². The molecule has 0 aliphatic heterocycles. The topological polar surface area (TPSA) is 66.4 Å². The van der Waals surface area contributed by atoms with E-state index in [9.17, 15) is 9.59 Å². The predicted molar refractivity (Wildman–Crippen MR) is 53.9 cm³/mol. The Morgan fingerprint density at radius 2 is 1.86 bits per heavy atom. The summed E-state index contributed by atoms with van der Waals surface area (Å²) >= 11 is 0. The van der Waals surface area contributed by atoms with Gasteiger partial charge in [-0.25, -0.2) is 0 Å². The van der Waals surface area contributed by atoms with Crippen LogP contribution in [0.5, 0.6) is 0 Å². The number of hydrogen-bond acceptors (Lipinski definition) is 2. The van der Waals surface area contributed by atoms with Crippen LogP contribution in [-0.4, -0.2) is 23.5 Å². The maximum Gasteiger partial charge on any atom is 0.303 e. The molecule has 0 heterocycles. The summed E-state index contributed by atoms with van der Waals surface area (Å²) in [4.78, 5) is 21.2. The number of hydrogen-bond donors (Lipinski definition) is 2. The molecule has 0 spiro atoms. The molecule has 0 radical (unpaired) electrons. The van der Waals surface area contributed by atoms with Crippen molar-refractivity contribution < 1.29 is 14.7 Å². The molecule has 0 rings (SSSR count). The SMILES string of the molecule is C=C(C)CNC(=O)CCCCC(=O)O. The molecule has 0 bridgehead atoms. The lowest BCUT2D eigenvalue weighted by molar-refractivity contribution is -0.137. The fourth-order valence-electron chi connectivity index (χ4n) is 0.900. The number of carbonyl (C=O) groups is 2. The molecule has 0 aromatic carbocycles. The molecule has 1 amide bonds. The van der Waals surface area contributed by atoms with Gasteiger partial charge < -0.3 is 10.4 Å². The highest BCUT2D eigenvalue weighted by Crippen LogP contribution is 1.99. The van der Waals surface area contributed by atoms with Crippen molar-refractivity contribution in [2.45, 2.75) is 32.6 Å². The van der Waals surface area contributed by atoms with Crippen LogP contribution >= 0.6 is 0 Å². The molecule has 0 aromatic heterocycles. The third-order valence-electron chi connectivity index (χ3n) is 1.63. The normalized spacial score (nSPS) is 9.50. The first-order valence-corrected chi connectivity index (χ1v) is 4.65. The fraction of sp³-hybridized carbons (Fsp3) is 0.600. The Bertz CT molecular complexity index is 223. The van der Waals surface area contributed by atoms with Gasteiger partial charge >= 0.3 is 5.97 Å². The van der Waals surface area contributed by atoms with Gasteiger partial charge in [0.05, 0.1) is 0 Å². The van der Waals surface area contributed by atoms with E-state index in [0.29, 0.717) is 25.8 Å². The van der Waals surface area contributed by atoms with E-state index in [1.165, 1.54) is 0 Å². The predicted octanol–water partition coefficient (Wildman–Crippen LogP) is 1.32. The molecule has 0 saturated heterocycles. The van der Waals surface area contributed by atoms with Crippen molar-refractivity contribution in [1.82, 2.24) is 5.32 Å². The van der Waals surface area contributed by atoms with Crippen LogP contribution in [0.25, 0.3) is 0 Å². The minimum absolute atomic E-state index is 0.0432. The lowest BCUT2D eigenvalue weighted by atomic mass is 10.2. The zero-order chi connectivity index (χ0) is 11.0. The van der Waals surface area contributed by atoms with E-state index >= 15 is 0 Å². The maximum atomic E-state index is 11.1. The van der Waals surface area contributed by atoms with Crippen LogP contribution in [0.2, 0.25) is 0 Å². The summed E-state index contributed by atoms with van der Waals surface area (Å²) in [5, 5.41) is 11.0. The Hall–Kier alpha value is -1.32. The molecule has 0 saturated carbocycles. The number of amides is 1. The number of nitrogens with one attached hydrogen (secondary N) is 1. The van der Waals surface area contributed by atoms with Gasteiger partial charge in [-0.1, -0.05) is 12.2 Å². The van der Waals surface area contributed by atoms with Crippen LogP contribution < -0.4 is 5.32 Å². The number of carbonyl (C=O) groups excluding carboxylic acids is 1. The molecule has 0 unspecified atom stereocenters. The molecular weight excluding hydrogens is 182 g/mol.